The van der Waals surface area contributed by atoms with Gasteiger partial charge in [-0.15, -0.1) is 0 Å². The molecule has 0 aliphatic carbocycles. The number of carboxylic acids is 1. The molecule has 0 saturated carbocycles. The predicted octanol–water partition coefficient (Wildman–Crippen LogP) is 1.81. The van der Waals surface area contributed by atoms with Gasteiger partial charge in [0.15, 0.2) is 0 Å². The smallest absolute Gasteiger partial charge is 0.311 e. The Hall–Kier alpha value is -2.11. The lowest BCUT2D eigenvalue weighted by Gasteiger charge is -2.24. The van der Waals surface area contributed by atoms with Gasteiger partial charge in [0.05, 0.1) is 24.3 Å². The van der Waals surface area contributed by atoms with E-state index in [1.807, 2.05) is 6.92 Å². The van der Waals surface area contributed by atoms with Gasteiger partial charge in [-0.1, -0.05) is 13.3 Å². The van der Waals surface area contributed by atoms with Crippen LogP contribution in [0.3, 0.4) is 0 Å². The van der Waals surface area contributed by atoms with Crippen LogP contribution in [0.15, 0.2) is 18.5 Å². The molecule has 0 aromatic carbocycles. The minimum absolute atomic E-state index is 0.200. The number of rotatable bonds is 5. The maximum atomic E-state index is 12.6. The summed E-state index contributed by atoms with van der Waals surface area (Å²) in [6.45, 7) is 2.66. The Morgan fingerprint density at radius 1 is 1.52 bits per heavy atom. The Morgan fingerprint density at radius 2 is 2.29 bits per heavy atom. The van der Waals surface area contributed by atoms with Gasteiger partial charge in [-0.2, -0.15) is 0 Å². The highest BCUT2D eigenvalue weighted by Gasteiger charge is 2.45. The summed E-state index contributed by atoms with van der Waals surface area (Å²) in [5, 5.41) is 9.49. The lowest BCUT2D eigenvalue weighted by Crippen LogP contribution is -2.37. The number of amides is 1. The Kier molecular flexibility index (Phi) is 4.45. The first-order chi connectivity index (χ1) is 10.0. The first kappa shape index (κ1) is 15.3. The second-order valence-corrected chi connectivity index (χ2v) is 5.39. The molecule has 0 spiro atoms. The van der Waals surface area contributed by atoms with Gasteiger partial charge in [0.25, 0.3) is 5.91 Å². The molecule has 1 amide bonds. The Bertz CT molecular complexity index is 546. The van der Waals surface area contributed by atoms with Crippen molar-refractivity contribution in [3.05, 3.63) is 24.0 Å². The zero-order valence-electron chi connectivity index (χ0n) is 12.3. The molecular weight excluding hydrogens is 272 g/mol. The number of nitrogens with zero attached hydrogens (tertiary/aromatic N) is 2. The molecule has 0 radical (unpaired) electrons. The molecule has 1 fully saturated rings. The zero-order valence-corrected chi connectivity index (χ0v) is 12.3. The quantitative estimate of drug-likeness (QED) is 0.895. The van der Waals surface area contributed by atoms with Crippen molar-refractivity contribution < 1.29 is 19.4 Å². The SMILES string of the molecule is CCCC1(C(=O)O)CCN(C(=O)c2ccncc2OC)C1. The zero-order chi connectivity index (χ0) is 15.5. The first-order valence-electron chi connectivity index (χ1n) is 7.05. The molecular formula is C15H20N2O4. The molecule has 21 heavy (non-hydrogen) atoms. The van der Waals surface area contributed by atoms with E-state index in [9.17, 15) is 14.7 Å². The molecule has 1 N–H and O–H groups in total. The van der Waals surface area contributed by atoms with Crippen LogP contribution in [0.25, 0.3) is 0 Å². The Morgan fingerprint density at radius 3 is 2.90 bits per heavy atom. The molecule has 1 aliphatic heterocycles. The summed E-state index contributed by atoms with van der Waals surface area (Å²) in [5.74, 6) is -0.611. The van der Waals surface area contributed by atoms with Gasteiger partial charge in [0.2, 0.25) is 0 Å². The van der Waals surface area contributed by atoms with Crippen molar-refractivity contribution in [2.24, 2.45) is 5.41 Å². The third kappa shape index (κ3) is 2.84. The first-order valence-corrected chi connectivity index (χ1v) is 7.05. The van der Waals surface area contributed by atoms with Gasteiger partial charge in [-0.3, -0.25) is 14.6 Å². The van der Waals surface area contributed by atoms with Crippen LogP contribution in [0.2, 0.25) is 0 Å². The molecule has 114 valence electrons. The predicted molar refractivity (Wildman–Crippen MR) is 76.3 cm³/mol. The van der Waals surface area contributed by atoms with E-state index in [1.54, 1.807) is 11.0 Å². The third-order valence-electron chi connectivity index (χ3n) is 4.06. The van der Waals surface area contributed by atoms with Crippen LogP contribution >= 0.6 is 0 Å². The lowest BCUT2D eigenvalue weighted by atomic mass is 9.83. The van der Waals surface area contributed by atoms with E-state index in [1.165, 1.54) is 19.5 Å². The number of pyridine rings is 1. The Balaban J connectivity index is 2.20. The molecule has 1 aromatic rings. The van der Waals surface area contributed by atoms with E-state index in [-0.39, 0.29) is 12.5 Å². The summed E-state index contributed by atoms with van der Waals surface area (Å²) in [7, 11) is 1.48. The summed E-state index contributed by atoms with van der Waals surface area (Å²) in [6.07, 6.45) is 4.88. The minimum atomic E-state index is -0.818. The van der Waals surface area contributed by atoms with E-state index in [0.717, 1.165) is 6.42 Å². The van der Waals surface area contributed by atoms with Crippen molar-refractivity contribution >= 4 is 11.9 Å². The molecule has 0 bridgehead atoms. The van der Waals surface area contributed by atoms with E-state index in [2.05, 4.69) is 4.98 Å². The third-order valence-corrected chi connectivity index (χ3v) is 4.06. The number of aliphatic carboxylic acids is 1. The molecule has 2 heterocycles. The summed E-state index contributed by atoms with van der Waals surface area (Å²) in [4.78, 5) is 29.7. The fourth-order valence-corrected chi connectivity index (χ4v) is 2.90. The average molecular weight is 292 g/mol. The number of carboxylic acid groups (broad SMARTS) is 1. The number of hydrogen-bond donors (Lipinski definition) is 1. The number of carbonyl (C=O) groups is 2. The monoisotopic (exact) mass is 292 g/mol. The van der Waals surface area contributed by atoms with Gasteiger partial charge in [-0.25, -0.2) is 0 Å². The number of methoxy groups -OCH3 is 1. The lowest BCUT2D eigenvalue weighted by molar-refractivity contribution is -0.148. The molecule has 1 aliphatic rings. The van der Waals surface area contributed by atoms with Crippen LogP contribution in [0.1, 0.15) is 36.5 Å². The van der Waals surface area contributed by atoms with Crippen LogP contribution in [0, 0.1) is 5.41 Å². The summed E-state index contributed by atoms with van der Waals surface area (Å²) >= 11 is 0. The summed E-state index contributed by atoms with van der Waals surface area (Å²) in [5.41, 5.74) is -0.393. The van der Waals surface area contributed by atoms with Crippen molar-refractivity contribution in [1.82, 2.24) is 9.88 Å². The topological polar surface area (TPSA) is 79.7 Å². The normalized spacial score (nSPS) is 21.3. The molecule has 1 saturated heterocycles. The minimum Gasteiger partial charge on any atom is -0.494 e. The number of carbonyl (C=O) groups excluding carboxylic acids is 1. The summed E-state index contributed by atoms with van der Waals surface area (Å²) in [6, 6.07) is 1.60. The maximum Gasteiger partial charge on any atom is 0.311 e. The van der Waals surface area contributed by atoms with Gasteiger partial charge in [0.1, 0.15) is 5.75 Å². The van der Waals surface area contributed by atoms with Crippen molar-refractivity contribution in [2.45, 2.75) is 26.2 Å². The van der Waals surface area contributed by atoms with Crippen molar-refractivity contribution in [3.8, 4) is 5.75 Å². The van der Waals surface area contributed by atoms with E-state index in [0.29, 0.717) is 30.7 Å². The van der Waals surface area contributed by atoms with Crippen LogP contribution in [-0.2, 0) is 4.79 Å². The van der Waals surface area contributed by atoms with E-state index >= 15 is 0 Å². The highest BCUT2D eigenvalue weighted by Crippen LogP contribution is 2.36. The van der Waals surface area contributed by atoms with Crippen LogP contribution < -0.4 is 4.74 Å². The van der Waals surface area contributed by atoms with Gasteiger partial charge in [-0.05, 0) is 18.9 Å². The molecule has 1 atom stereocenters. The number of ether oxygens (including phenoxy) is 1. The molecule has 2 rings (SSSR count). The van der Waals surface area contributed by atoms with Crippen LogP contribution in [-0.4, -0.2) is 47.1 Å². The molecule has 1 aromatic heterocycles. The molecule has 6 heteroatoms. The van der Waals surface area contributed by atoms with Crippen molar-refractivity contribution in [2.75, 3.05) is 20.2 Å². The fraction of sp³-hybridized carbons (Fsp3) is 0.533. The van der Waals surface area contributed by atoms with Crippen LogP contribution in [0.4, 0.5) is 0 Å². The Labute approximate surface area is 123 Å². The van der Waals surface area contributed by atoms with Crippen molar-refractivity contribution in [1.29, 1.82) is 0 Å². The number of hydrogen-bond acceptors (Lipinski definition) is 4. The largest absolute Gasteiger partial charge is 0.494 e. The van der Waals surface area contributed by atoms with Crippen molar-refractivity contribution in [3.63, 3.8) is 0 Å². The van der Waals surface area contributed by atoms with Gasteiger partial charge < -0.3 is 14.7 Å². The standard InChI is InChI=1S/C15H20N2O4/c1-3-5-15(14(19)20)6-8-17(10-15)13(18)11-4-7-16-9-12(11)21-2/h4,7,9H,3,5-6,8,10H2,1-2H3,(H,19,20). The highest BCUT2D eigenvalue weighted by atomic mass is 16.5. The fourth-order valence-electron chi connectivity index (χ4n) is 2.90. The van der Waals surface area contributed by atoms with Gasteiger partial charge in [0, 0.05) is 19.3 Å². The summed E-state index contributed by atoms with van der Waals surface area (Å²) < 4.78 is 5.15. The highest BCUT2D eigenvalue weighted by molar-refractivity contribution is 5.97. The maximum absolute atomic E-state index is 12.6. The molecule has 6 nitrogen and oxygen atoms in total. The van der Waals surface area contributed by atoms with E-state index < -0.39 is 11.4 Å². The van der Waals surface area contributed by atoms with Crippen LogP contribution in [0.5, 0.6) is 5.75 Å². The second-order valence-electron chi connectivity index (χ2n) is 5.39. The molecule has 1 unspecified atom stereocenters. The number of aromatic nitrogens is 1. The second kappa shape index (κ2) is 6.11. The van der Waals surface area contributed by atoms with Gasteiger partial charge >= 0.3 is 5.97 Å². The average Bonchev–Trinajstić information content (AvgIpc) is 2.92. The number of likely N-dealkylation sites (tertiary alicyclic amines) is 1. The van der Waals surface area contributed by atoms with E-state index in [4.69, 9.17) is 4.74 Å².